The first-order chi connectivity index (χ1) is 8.74. The van der Waals surface area contributed by atoms with Crippen LogP contribution in [0.2, 0.25) is 0 Å². The smallest absolute Gasteiger partial charge is 0.241 e. The number of amides is 1. The number of hydrogen-bond donors (Lipinski definition) is 1. The van der Waals surface area contributed by atoms with Gasteiger partial charge in [0.1, 0.15) is 6.17 Å². The summed E-state index contributed by atoms with van der Waals surface area (Å²) in [6.45, 7) is 3.48. The lowest BCUT2D eigenvalue weighted by Gasteiger charge is -2.23. The normalized spacial score (nSPS) is 23.9. The molecule has 1 fully saturated rings. The van der Waals surface area contributed by atoms with E-state index in [0.717, 1.165) is 26.0 Å². The first kappa shape index (κ1) is 13.5. The predicted molar refractivity (Wildman–Crippen MR) is 72.5 cm³/mol. The minimum atomic E-state index is -0.0858. The van der Waals surface area contributed by atoms with Gasteiger partial charge in [0.2, 0.25) is 5.91 Å². The second kappa shape index (κ2) is 6.31. The van der Waals surface area contributed by atoms with Crippen LogP contribution in [0.3, 0.4) is 0 Å². The van der Waals surface area contributed by atoms with E-state index in [2.05, 4.69) is 16.8 Å². The van der Waals surface area contributed by atoms with Crippen LogP contribution in [0, 0.1) is 0 Å². The van der Waals surface area contributed by atoms with Gasteiger partial charge in [0.15, 0.2) is 0 Å². The fourth-order valence-electron chi connectivity index (χ4n) is 2.25. The van der Waals surface area contributed by atoms with Crippen molar-refractivity contribution in [3.63, 3.8) is 0 Å². The minimum absolute atomic E-state index is 0.0429. The van der Waals surface area contributed by atoms with Gasteiger partial charge in [-0.15, -0.1) is 0 Å². The summed E-state index contributed by atoms with van der Waals surface area (Å²) in [5.41, 5.74) is 1.18. The van der Waals surface area contributed by atoms with Crippen LogP contribution >= 0.6 is 11.3 Å². The molecule has 0 bridgehead atoms. The molecule has 0 radical (unpaired) electrons. The van der Waals surface area contributed by atoms with Gasteiger partial charge in [0.05, 0.1) is 6.04 Å². The Morgan fingerprint density at radius 3 is 3.00 bits per heavy atom. The second-order valence-electron chi connectivity index (χ2n) is 4.58. The molecular weight excluding hydrogens is 248 g/mol. The Balaban J connectivity index is 1.97. The molecule has 2 atom stereocenters. The summed E-state index contributed by atoms with van der Waals surface area (Å²) < 4.78 is 5.04. The Morgan fingerprint density at radius 2 is 2.33 bits per heavy atom. The molecule has 1 aromatic heterocycles. The van der Waals surface area contributed by atoms with E-state index in [1.165, 1.54) is 5.56 Å². The average Bonchev–Trinajstić information content (AvgIpc) is 2.97. The molecule has 0 saturated carbocycles. The third kappa shape index (κ3) is 2.91. The molecule has 2 heterocycles. The summed E-state index contributed by atoms with van der Waals surface area (Å²) in [4.78, 5) is 14.1. The van der Waals surface area contributed by atoms with Gasteiger partial charge in [0.25, 0.3) is 0 Å². The Morgan fingerprint density at radius 1 is 1.50 bits per heavy atom. The fourth-order valence-corrected chi connectivity index (χ4v) is 2.93. The Labute approximate surface area is 112 Å². The number of ether oxygens (including phenoxy) is 1. The number of methoxy groups -OCH3 is 1. The van der Waals surface area contributed by atoms with Gasteiger partial charge < -0.3 is 9.64 Å². The molecule has 18 heavy (non-hydrogen) atoms. The van der Waals surface area contributed by atoms with E-state index in [4.69, 9.17) is 4.74 Å². The van der Waals surface area contributed by atoms with Crippen LogP contribution in [0.5, 0.6) is 0 Å². The number of nitrogens with one attached hydrogen (secondary N) is 1. The summed E-state index contributed by atoms with van der Waals surface area (Å²) in [6, 6.07) is 1.99. The first-order valence-corrected chi connectivity index (χ1v) is 7.26. The van der Waals surface area contributed by atoms with Crippen LogP contribution in [0.4, 0.5) is 0 Å². The highest BCUT2D eigenvalue weighted by atomic mass is 32.1. The number of nitrogens with zero attached hydrogens (tertiary/aromatic N) is 1. The van der Waals surface area contributed by atoms with Crippen LogP contribution in [-0.2, 0) is 9.53 Å². The zero-order chi connectivity index (χ0) is 13.0. The van der Waals surface area contributed by atoms with Crippen molar-refractivity contribution in [2.24, 2.45) is 0 Å². The van der Waals surface area contributed by atoms with Crippen molar-refractivity contribution in [1.82, 2.24) is 10.2 Å². The number of carbonyl (C=O) groups excluding carboxylic acids is 1. The van der Waals surface area contributed by atoms with Gasteiger partial charge in [-0.2, -0.15) is 11.3 Å². The van der Waals surface area contributed by atoms with E-state index in [1.807, 2.05) is 17.2 Å². The van der Waals surface area contributed by atoms with Crippen LogP contribution < -0.4 is 5.32 Å². The van der Waals surface area contributed by atoms with Crippen molar-refractivity contribution < 1.29 is 9.53 Å². The second-order valence-corrected chi connectivity index (χ2v) is 5.36. The molecule has 1 aromatic rings. The Hall–Kier alpha value is -0.910. The van der Waals surface area contributed by atoms with Crippen molar-refractivity contribution in [2.75, 3.05) is 20.3 Å². The van der Waals surface area contributed by atoms with Crippen molar-refractivity contribution in [1.29, 1.82) is 0 Å². The Kier molecular flexibility index (Phi) is 4.74. The molecule has 1 aliphatic heterocycles. The average molecular weight is 268 g/mol. The highest BCUT2D eigenvalue weighted by Gasteiger charge is 2.36. The maximum Gasteiger partial charge on any atom is 0.241 e. The van der Waals surface area contributed by atoms with E-state index >= 15 is 0 Å². The lowest BCUT2D eigenvalue weighted by atomic mass is 10.2. The van der Waals surface area contributed by atoms with Gasteiger partial charge >= 0.3 is 0 Å². The molecule has 1 N–H and O–H groups in total. The Bertz CT molecular complexity index is 380. The lowest BCUT2D eigenvalue weighted by molar-refractivity contribution is -0.129. The molecule has 4 nitrogen and oxygen atoms in total. The molecule has 1 amide bonds. The molecule has 100 valence electrons. The van der Waals surface area contributed by atoms with Crippen LogP contribution in [0.25, 0.3) is 0 Å². The quantitative estimate of drug-likeness (QED) is 0.802. The van der Waals surface area contributed by atoms with E-state index in [9.17, 15) is 4.79 Å². The third-order valence-corrected chi connectivity index (χ3v) is 3.93. The van der Waals surface area contributed by atoms with Gasteiger partial charge in [-0.05, 0) is 42.2 Å². The zero-order valence-electron chi connectivity index (χ0n) is 10.9. The largest absolute Gasteiger partial charge is 0.385 e. The maximum atomic E-state index is 12.1. The van der Waals surface area contributed by atoms with Gasteiger partial charge in [-0.3, -0.25) is 10.1 Å². The van der Waals surface area contributed by atoms with E-state index < -0.39 is 0 Å². The highest BCUT2D eigenvalue weighted by molar-refractivity contribution is 7.07. The van der Waals surface area contributed by atoms with Crippen molar-refractivity contribution in [3.05, 3.63) is 22.4 Å². The number of rotatable bonds is 6. The van der Waals surface area contributed by atoms with Gasteiger partial charge in [-0.1, -0.05) is 0 Å². The summed E-state index contributed by atoms with van der Waals surface area (Å²) in [5.74, 6) is 0.198. The van der Waals surface area contributed by atoms with Gasteiger partial charge in [-0.25, -0.2) is 0 Å². The van der Waals surface area contributed by atoms with Gasteiger partial charge in [0, 0.05) is 20.3 Å². The van der Waals surface area contributed by atoms with Crippen molar-refractivity contribution in [2.45, 2.75) is 32.0 Å². The molecule has 1 saturated heterocycles. The van der Waals surface area contributed by atoms with E-state index in [1.54, 1.807) is 18.4 Å². The number of hydrogen-bond acceptors (Lipinski definition) is 4. The molecule has 1 aliphatic rings. The molecule has 0 spiro atoms. The topological polar surface area (TPSA) is 41.6 Å². The molecular formula is C13H20N2O2S. The number of thiophene rings is 1. The SMILES string of the molecule is COCCCCN1C(=O)C(C)NC1c1ccsc1. The van der Waals surface area contributed by atoms with Crippen LogP contribution in [0.15, 0.2) is 16.8 Å². The molecule has 0 aliphatic carbocycles. The first-order valence-electron chi connectivity index (χ1n) is 6.31. The molecule has 2 unspecified atom stereocenters. The maximum absolute atomic E-state index is 12.1. The van der Waals surface area contributed by atoms with Crippen molar-refractivity contribution in [3.8, 4) is 0 Å². The summed E-state index contributed by atoms with van der Waals surface area (Å²) in [7, 11) is 1.71. The molecule has 0 aromatic carbocycles. The van der Waals surface area contributed by atoms with Crippen LogP contribution in [-0.4, -0.2) is 37.1 Å². The number of unbranched alkanes of at least 4 members (excludes halogenated alkanes) is 1. The summed E-state index contributed by atoms with van der Waals surface area (Å²) >= 11 is 1.66. The third-order valence-electron chi connectivity index (χ3n) is 3.23. The summed E-state index contributed by atoms with van der Waals surface area (Å²) in [5, 5.41) is 7.50. The molecule has 2 rings (SSSR count). The molecule has 5 heteroatoms. The number of carbonyl (C=O) groups is 1. The lowest BCUT2D eigenvalue weighted by Crippen LogP contribution is -2.31. The summed E-state index contributed by atoms with van der Waals surface area (Å²) in [6.07, 6.45) is 2.01. The predicted octanol–water partition coefficient (Wildman–Crippen LogP) is 1.99. The van der Waals surface area contributed by atoms with Crippen molar-refractivity contribution >= 4 is 17.2 Å². The zero-order valence-corrected chi connectivity index (χ0v) is 11.7. The fraction of sp³-hybridized carbons (Fsp3) is 0.615. The monoisotopic (exact) mass is 268 g/mol. The highest BCUT2D eigenvalue weighted by Crippen LogP contribution is 2.27. The minimum Gasteiger partial charge on any atom is -0.385 e. The van der Waals surface area contributed by atoms with Crippen LogP contribution in [0.1, 0.15) is 31.5 Å². The standard InChI is InChI=1S/C13H20N2O2S/c1-10-13(16)15(6-3-4-7-17-2)12(14-10)11-5-8-18-9-11/h5,8-10,12,14H,3-4,6-7H2,1-2H3. The van der Waals surface area contributed by atoms with E-state index in [-0.39, 0.29) is 18.1 Å². The van der Waals surface area contributed by atoms with E-state index in [0.29, 0.717) is 0 Å².